The highest BCUT2D eigenvalue weighted by molar-refractivity contribution is 7.99. The molecule has 0 amide bonds. The molecule has 0 radical (unpaired) electrons. The van der Waals surface area contributed by atoms with Crippen molar-refractivity contribution >= 4 is 11.8 Å². The van der Waals surface area contributed by atoms with Gasteiger partial charge in [-0.25, -0.2) is 0 Å². The van der Waals surface area contributed by atoms with Crippen molar-refractivity contribution in [3.63, 3.8) is 0 Å². The topological polar surface area (TPSA) is 0 Å². The van der Waals surface area contributed by atoms with E-state index in [2.05, 4.69) is 39.5 Å². The molecule has 1 aliphatic rings. The summed E-state index contributed by atoms with van der Waals surface area (Å²) in [4.78, 5) is 0. The Bertz CT molecular complexity index is 178. The van der Waals surface area contributed by atoms with Crippen molar-refractivity contribution in [2.45, 2.75) is 59.8 Å². The summed E-state index contributed by atoms with van der Waals surface area (Å²) in [6, 6.07) is 0. The Balaban J connectivity index is 2.08. The largest absolute Gasteiger partial charge is 0.162 e. The molecule has 1 aliphatic carbocycles. The first-order chi connectivity index (χ1) is 7.66. The molecule has 96 valence electrons. The van der Waals surface area contributed by atoms with Crippen LogP contribution < -0.4 is 0 Å². The molecule has 0 aromatic carbocycles. The van der Waals surface area contributed by atoms with Gasteiger partial charge in [0, 0.05) is 0 Å². The summed E-state index contributed by atoms with van der Waals surface area (Å²) >= 11 is 2.14. The first-order valence-corrected chi connectivity index (χ1v) is 8.40. The van der Waals surface area contributed by atoms with E-state index in [1.165, 1.54) is 43.6 Å². The van der Waals surface area contributed by atoms with E-state index in [0.29, 0.717) is 0 Å². The first-order valence-electron chi connectivity index (χ1n) is 7.24. The van der Waals surface area contributed by atoms with Gasteiger partial charge in [0.05, 0.1) is 0 Å². The molecule has 0 nitrogen and oxygen atoms in total. The number of rotatable bonds is 7. The van der Waals surface area contributed by atoms with Gasteiger partial charge in [-0.15, -0.1) is 0 Å². The van der Waals surface area contributed by atoms with E-state index in [0.717, 1.165) is 23.7 Å². The van der Waals surface area contributed by atoms with Gasteiger partial charge in [0.1, 0.15) is 0 Å². The Hall–Kier alpha value is 0.350. The highest BCUT2D eigenvalue weighted by Gasteiger charge is 2.34. The number of hydrogen-bond acceptors (Lipinski definition) is 1. The summed E-state index contributed by atoms with van der Waals surface area (Å²) in [6.45, 7) is 9.66. The fourth-order valence-corrected chi connectivity index (χ4v) is 4.20. The standard InChI is InChI=1S/C15H30S/c1-5-9-16-10-7-6-8-15-13(3)11-12(2)14(15)4/h12-15H,5-11H2,1-4H3. The minimum atomic E-state index is 0.967. The Morgan fingerprint density at radius 2 is 1.75 bits per heavy atom. The van der Waals surface area contributed by atoms with Crippen molar-refractivity contribution in [1.29, 1.82) is 0 Å². The van der Waals surface area contributed by atoms with Crippen molar-refractivity contribution < 1.29 is 0 Å². The van der Waals surface area contributed by atoms with Crippen molar-refractivity contribution in [3.8, 4) is 0 Å². The van der Waals surface area contributed by atoms with Gasteiger partial charge in [0.2, 0.25) is 0 Å². The van der Waals surface area contributed by atoms with Gasteiger partial charge in [-0.05, 0) is 60.9 Å². The minimum Gasteiger partial charge on any atom is -0.162 e. The zero-order chi connectivity index (χ0) is 12.0. The van der Waals surface area contributed by atoms with E-state index < -0.39 is 0 Å². The van der Waals surface area contributed by atoms with E-state index in [-0.39, 0.29) is 0 Å². The average molecular weight is 242 g/mol. The van der Waals surface area contributed by atoms with Gasteiger partial charge < -0.3 is 0 Å². The molecule has 16 heavy (non-hydrogen) atoms. The molecule has 1 rings (SSSR count). The van der Waals surface area contributed by atoms with Crippen LogP contribution in [0.2, 0.25) is 0 Å². The van der Waals surface area contributed by atoms with Crippen LogP contribution in [-0.2, 0) is 0 Å². The predicted molar refractivity (Wildman–Crippen MR) is 77.1 cm³/mol. The molecule has 0 aliphatic heterocycles. The summed E-state index contributed by atoms with van der Waals surface area (Å²) in [5.74, 6) is 6.68. The quantitative estimate of drug-likeness (QED) is 0.551. The molecular weight excluding hydrogens is 212 g/mol. The third-order valence-corrected chi connectivity index (χ3v) is 5.75. The highest BCUT2D eigenvalue weighted by atomic mass is 32.2. The van der Waals surface area contributed by atoms with Crippen LogP contribution in [0, 0.1) is 23.7 Å². The molecule has 0 heterocycles. The van der Waals surface area contributed by atoms with Gasteiger partial charge in [0.15, 0.2) is 0 Å². The lowest BCUT2D eigenvalue weighted by molar-refractivity contribution is 0.296. The second-order valence-electron chi connectivity index (χ2n) is 5.82. The Morgan fingerprint density at radius 1 is 1.00 bits per heavy atom. The van der Waals surface area contributed by atoms with Crippen molar-refractivity contribution in [2.75, 3.05) is 11.5 Å². The summed E-state index contributed by atoms with van der Waals surface area (Å²) in [5, 5.41) is 0. The van der Waals surface area contributed by atoms with Crippen LogP contribution in [-0.4, -0.2) is 11.5 Å². The molecule has 1 saturated carbocycles. The van der Waals surface area contributed by atoms with Gasteiger partial charge in [-0.3, -0.25) is 0 Å². The van der Waals surface area contributed by atoms with Crippen molar-refractivity contribution in [1.82, 2.24) is 0 Å². The van der Waals surface area contributed by atoms with E-state index >= 15 is 0 Å². The van der Waals surface area contributed by atoms with Crippen LogP contribution in [0.1, 0.15) is 59.8 Å². The lowest BCUT2D eigenvalue weighted by Gasteiger charge is -2.20. The van der Waals surface area contributed by atoms with E-state index in [9.17, 15) is 0 Å². The fraction of sp³-hybridized carbons (Fsp3) is 1.00. The number of hydrogen-bond donors (Lipinski definition) is 0. The Kier molecular flexibility index (Phi) is 6.87. The third-order valence-electron chi connectivity index (χ3n) is 4.47. The molecule has 4 unspecified atom stereocenters. The smallest absolute Gasteiger partial charge is 0.00675 e. The zero-order valence-electron chi connectivity index (χ0n) is 11.7. The molecule has 4 atom stereocenters. The Morgan fingerprint density at radius 3 is 2.31 bits per heavy atom. The lowest BCUT2D eigenvalue weighted by Crippen LogP contribution is -2.12. The summed E-state index contributed by atoms with van der Waals surface area (Å²) < 4.78 is 0. The SMILES string of the molecule is CCCSCCCCC1C(C)CC(C)C1C. The molecule has 0 aromatic heterocycles. The summed E-state index contributed by atoms with van der Waals surface area (Å²) in [7, 11) is 0. The normalized spacial score (nSPS) is 34.5. The van der Waals surface area contributed by atoms with E-state index in [1.807, 2.05) is 0 Å². The number of thioether (sulfide) groups is 1. The van der Waals surface area contributed by atoms with Gasteiger partial charge in [-0.1, -0.05) is 34.1 Å². The molecular formula is C15H30S. The monoisotopic (exact) mass is 242 g/mol. The van der Waals surface area contributed by atoms with Crippen LogP contribution in [0.4, 0.5) is 0 Å². The third kappa shape index (κ3) is 4.31. The molecule has 0 bridgehead atoms. The van der Waals surface area contributed by atoms with Crippen LogP contribution >= 0.6 is 11.8 Å². The molecule has 0 aromatic rings. The molecule has 1 heteroatoms. The van der Waals surface area contributed by atoms with Crippen LogP contribution in [0.3, 0.4) is 0 Å². The lowest BCUT2D eigenvalue weighted by atomic mass is 9.85. The molecule has 0 N–H and O–H groups in total. The van der Waals surface area contributed by atoms with Crippen molar-refractivity contribution in [2.24, 2.45) is 23.7 Å². The van der Waals surface area contributed by atoms with Gasteiger partial charge in [-0.2, -0.15) is 11.8 Å². The summed E-state index contributed by atoms with van der Waals surface area (Å²) in [6.07, 6.45) is 7.19. The first kappa shape index (κ1) is 14.4. The number of unbranched alkanes of at least 4 members (excludes halogenated alkanes) is 1. The second kappa shape index (κ2) is 7.63. The molecule has 1 fully saturated rings. The minimum absolute atomic E-state index is 0.967. The molecule has 0 spiro atoms. The van der Waals surface area contributed by atoms with Crippen LogP contribution in [0.5, 0.6) is 0 Å². The summed E-state index contributed by atoms with van der Waals surface area (Å²) in [5.41, 5.74) is 0. The van der Waals surface area contributed by atoms with E-state index in [4.69, 9.17) is 0 Å². The average Bonchev–Trinajstić information content (AvgIpc) is 2.49. The fourth-order valence-electron chi connectivity index (χ4n) is 3.29. The Labute approximate surface area is 107 Å². The maximum Gasteiger partial charge on any atom is -0.00675 e. The van der Waals surface area contributed by atoms with Crippen molar-refractivity contribution in [3.05, 3.63) is 0 Å². The molecule has 0 saturated heterocycles. The van der Waals surface area contributed by atoms with Gasteiger partial charge in [0.25, 0.3) is 0 Å². The second-order valence-corrected chi connectivity index (χ2v) is 7.05. The predicted octanol–water partition coefficient (Wildman–Crippen LogP) is 5.23. The highest BCUT2D eigenvalue weighted by Crippen LogP contribution is 2.43. The van der Waals surface area contributed by atoms with Crippen LogP contribution in [0.15, 0.2) is 0 Å². The van der Waals surface area contributed by atoms with Gasteiger partial charge >= 0.3 is 0 Å². The maximum absolute atomic E-state index is 2.48. The zero-order valence-corrected chi connectivity index (χ0v) is 12.5. The maximum atomic E-state index is 2.48. The van der Waals surface area contributed by atoms with Crippen LogP contribution in [0.25, 0.3) is 0 Å². The van der Waals surface area contributed by atoms with E-state index in [1.54, 1.807) is 0 Å².